The van der Waals surface area contributed by atoms with E-state index in [0.29, 0.717) is 22.8 Å². The monoisotopic (exact) mass is 789 g/mol. The third-order valence-electron chi connectivity index (χ3n) is 12.4. The maximum atomic E-state index is 15.4. The van der Waals surface area contributed by atoms with Crippen LogP contribution in [0.3, 0.4) is 0 Å². The number of hydrogen-bond acceptors (Lipinski definition) is 5. The van der Waals surface area contributed by atoms with Crippen molar-refractivity contribution in [2.24, 2.45) is 0 Å². The van der Waals surface area contributed by atoms with Crippen molar-refractivity contribution in [1.82, 2.24) is 0 Å². The Morgan fingerprint density at radius 2 is 1.44 bits per heavy atom. The fraction of sp³-hybridized carbons (Fsp3) is 0.288. The summed E-state index contributed by atoms with van der Waals surface area (Å²) in [5.41, 5.74) is 5.84. The Balaban J connectivity index is 1.03. The molecule has 0 spiro atoms. The van der Waals surface area contributed by atoms with Gasteiger partial charge in [0.05, 0.1) is 17.7 Å². The molecule has 1 atom stereocenters. The van der Waals surface area contributed by atoms with E-state index in [4.69, 9.17) is 14.2 Å². The van der Waals surface area contributed by atoms with E-state index in [2.05, 4.69) is 41.3 Å². The van der Waals surface area contributed by atoms with Crippen LogP contribution in [-0.4, -0.2) is 25.7 Å². The second kappa shape index (κ2) is 16.4. The van der Waals surface area contributed by atoms with Crippen molar-refractivity contribution in [3.05, 3.63) is 167 Å². The molecule has 7 heteroatoms. The highest BCUT2D eigenvalue weighted by Crippen LogP contribution is 2.47. The minimum atomic E-state index is -3.49. The van der Waals surface area contributed by atoms with Crippen molar-refractivity contribution >= 4 is 28.5 Å². The maximum absolute atomic E-state index is 15.4. The topological polar surface area (TPSA) is 48.0 Å². The zero-order valence-corrected chi connectivity index (χ0v) is 33.5. The van der Waals surface area contributed by atoms with Crippen molar-refractivity contribution < 1.29 is 27.8 Å². The van der Waals surface area contributed by atoms with Crippen LogP contribution < -0.4 is 14.4 Å². The summed E-state index contributed by atoms with van der Waals surface area (Å²) < 4.78 is 48.9. The van der Waals surface area contributed by atoms with Gasteiger partial charge in [-0.3, -0.25) is 0 Å². The SMILES string of the molecule is CCOC(=O)c1cc2cc(-c3ccc(OC(F)(F)c4ccc(C5CCCCC5)cc4)cc3)ccc2c2c1C=CC(c1ccccc1)(c1ccc(N3CCCCC3)cc1)O2. The highest BCUT2D eigenvalue weighted by atomic mass is 19.3. The summed E-state index contributed by atoms with van der Waals surface area (Å²) in [4.78, 5) is 16.0. The third-order valence-corrected chi connectivity index (χ3v) is 12.4. The smallest absolute Gasteiger partial charge is 0.426 e. The molecular formula is C52H49F2NO4. The van der Waals surface area contributed by atoms with Gasteiger partial charge in [-0.2, -0.15) is 8.78 Å². The zero-order chi connectivity index (χ0) is 40.4. The summed E-state index contributed by atoms with van der Waals surface area (Å²) in [5, 5.41) is 1.62. The van der Waals surface area contributed by atoms with Crippen LogP contribution in [0.25, 0.3) is 28.0 Å². The summed E-state index contributed by atoms with van der Waals surface area (Å²) in [6.45, 7) is 4.13. The lowest BCUT2D eigenvalue weighted by atomic mass is 9.82. The average Bonchev–Trinajstić information content (AvgIpc) is 3.29. The Morgan fingerprint density at radius 3 is 2.15 bits per heavy atom. The van der Waals surface area contributed by atoms with E-state index in [1.165, 1.54) is 56.3 Å². The van der Waals surface area contributed by atoms with E-state index < -0.39 is 17.7 Å². The van der Waals surface area contributed by atoms with Crippen LogP contribution in [0.5, 0.6) is 11.5 Å². The molecule has 9 rings (SSSR count). The number of ether oxygens (including phenoxy) is 3. The number of fused-ring (bicyclic) bond motifs is 3. The first kappa shape index (κ1) is 38.6. The number of piperidine rings is 1. The highest BCUT2D eigenvalue weighted by Gasteiger charge is 2.39. The molecular weight excluding hydrogens is 741 g/mol. The number of alkyl halides is 2. The number of esters is 1. The number of carbonyl (C=O) groups is 1. The van der Waals surface area contributed by atoms with Gasteiger partial charge in [-0.05, 0) is 128 Å². The van der Waals surface area contributed by atoms with Crippen LogP contribution in [0.2, 0.25) is 0 Å². The van der Waals surface area contributed by atoms with Gasteiger partial charge in [-0.15, -0.1) is 0 Å². The Morgan fingerprint density at radius 1 is 0.763 bits per heavy atom. The van der Waals surface area contributed by atoms with Gasteiger partial charge < -0.3 is 19.1 Å². The molecule has 5 nitrogen and oxygen atoms in total. The maximum Gasteiger partial charge on any atom is 0.426 e. The van der Waals surface area contributed by atoms with Crippen LogP contribution in [0.1, 0.15) is 102 Å². The Hall–Kier alpha value is -5.95. The van der Waals surface area contributed by atoms with Crippen molar-refractivity contribution in [1.29, 1.82) is 0 Å². The molecule has 2 aliphatic heterocycles. The molecule has 2 heterocycles. The lowest BCUT2D eigenvalue weighted by Crippen LogP contribution is -2.35. The molecule has 0 radical (unpaired) electrons. The summed E-state index contributed by atoms with van der Waals surface area (Å²) in [6, 6.07) is 40.0. The minimum Gasteiger partial charge on any atom is -0.472 e. The minimum absolute atomic E-state index is 0.0657. The number of rotatable bonds is 10. The van der Waals surface area contributed by atoms with Gasteiger partial charge in [0, 0.05) is 40.9 Å². The van der Waals surface area contributed by atoms with Crippen LogP contribution in [0, 0.1) is 0 Å². The van der Waals surface area contributed by atoms with Crippen LogP contribution in [0.4, 0.5) is 14.5 Å². The molecule has 1 aliphatic carbocycles. The van der Waals surface area contributed by atoms with Gasteiger partial charge in [-0.1, -0.05) is 98.1 Å². The van der Waals surface area contributed by atoms with Gasteiger partial charge in [0.25, 0.3) is 0 Å². The van der Waals surface area contributed by atoms with E-state index >= 15 is 8.78 Å². The number of anilines is 1. The molecule has 2 fully saturated rings. The standard InChI is InChI=1S/C52H49F2NO4/c1-2-57-50(56)48-35-40-34-39(38-18-27-45(28-19-38)58-52(53,54)43-21-16-37(17-22-43)36-12-6-3-7-13-36)20-29-46(40)49-47(48)30-31-51(59-49,41-14-8-4-9-15-41)42-23-25-44(26-24-42)55-32-10-5-11-33-55/h4,8-9,14-31,34-36H,2-3,5-7,10-13,32-33H2,1H3. The third kappa shape index (κ3) is 7.71. The Labute approximate surface area is 345 Å². The first-order chi connectivity index (χ1) is 28.8. The van der Waals surface area contributed by atoms with Gasteiger partial charge in [0.15, 0.2) is 5.60 Å². The number of carbonyl (C=O) groups excluding carboxylic acids is 1. The number of nitrogens with zero attached hydrogens (tertiary/aromatic N) is 1. The summed E-state index contributed by atoms with van der Waals surface area (Å²) in [6.07, 6.45) is 10.1. The second-order valence-electron chi connectivity index (χ2n) is 16.1. The van der Waals surface area contributed by atoms with Crippen molar-refractivity contribution in [2.45, 2.75) is 75.9 Å². The van der Waals surface area contributed by atoms with Crippen molar-refractivity contribution in [3.8, 4) is 22.6 Å². The Kier molecular flexibility index (Phi) is 10.7. The predicted molar refractivity (Wildman–Crippen MR) is 232 cm³/mol. The molecule has 0 bridgehead atoms. The molecule has 300 valence electrons. The summed E-state index contributed by atoms with van der Waals surface area (Å²) in [7, 11) is 0. The Bertz CT molecular complexity index is 2450. The van der Waals surface area contributed by atoms with Crippen LogP contribution >= 0.6 is 0 Å². The van der Waals surface area contributed by atoms with Gasteiger partial charge in [-0.25, -0.2) is 4.79 Å². The number of hydrogen-bond donors (Lipinski definition) is 0. The van der Waals surface area contributed by atoms with E-state index in [0.717, 1.165) is 64.5 Å². The molecule has 59 heavy (non-hydrogen) atoms. The van der Waals surface area contributed by atoms with Gasteiger partial charge in [0.2, 0.25) is 0 Å². The summed E-state index contributed by atoms with van der Waals surface area (Å²) in [5.74, 6) is 0.655. The quantitative estimate of drug-likeness (QED) is 0.129. The van der Waals surface area contributed by atoms with Gasteiger partial charge >= 0.3 is 12.1 Å². The average molecular weight is 790 g/mol. The van der Waals surface area contributed by atoms with Crippen LogP contribution in [0.15, 0.2) is 133 Å². The highest BCUT2D eigenvalue weighted by molar-refractivity contribution is 6.05. The van der Waals surface area contributed by atoms with Crippen molar-refractivity contribution in [3.63, 3.8) is 0 Å². The normalized spacial score (nSPS) is 18.3. The molecule has 6 aromatic rings. The fourth-order valence-electron chi connectivity index (χ4n) is 9.16. The molecule has 0 amide bonds. The van der Waals surface area contributed by atoms with E-state index in [9.17, 15) is 4.79 Å². The molecule has 1 unspecified atom stereocenters. The molecule has 3 aliphatic rings. The van der Waals surface area contributed by atoms with Gasteiger partial charge in [0.1, 0.15) is 11.5 Å². The largest absolute Gasteiger partial charge is 0.472 e. The first-order valence-corrected chi connectivity index (χ1v) is 21.2. The fourth-order valence-corrected chi connectivity index (χ4v) is 9.16. The lowest BCUT2D eigenvalue weighted by molar-refractivity contribution is -0.185. The molecule has 0 aromatic heterocycles. The first-order valence-electron chi connectivity index (χ1n) is 21.2. The molecule has 1 saturated heterocycles. The number of benzene rings is 6. The zero-order valence-electron chi connectivity index (χ0n) is 33.5. The molecule has 0 N–H and O–H groups in total. The lowest BCUT2D eigenvalue weighted by Gasteiger charge is -2.37. The molecule has 6 aromatic carbocycles. The van der Waals surface area contributed by atoms with Crippen LogP contribution in [-0.2, 0) is 16.4 Å². The predicted octanol–water partition coefficient (Wildman–Crippen LogP) is 13.2. The summed E-state index contributed by atoms with van der Waals surface area (Å²) >= 11 is 0. The molecule has 1 saturated carbocycles. The van der Waals surface area contributed by atoms with E-state index in [1.807, 2.05) is 66.7 Å². The second-order valence-corrected chi connectivity index (χ2v) is 16.1. The van der Waals surface area contributed by atoms with Crippen molar-refractivity contribution in [2.75, 3.05) is 24.6 Å². The number of halogens is 2. The van der Waals surface area contributed by atoms with E-state index in [-0.39, 0.29) is 17.9 Å². The van der Waals surface area contributed by atoms with E-state index in [1.54, 1.807) is 31.2 Å².